The lowest BCUT2D eigenvalue weighted by Gasteiger charge is -2.35. The number of halogens is 3. The van der Waals surface area contributed by atoms with Crippen LogP contribution in [0.1, 0.15) is 44.1 Å². The Morgan fingerprint density at radius 1 is 1.23 bits per heavy atom. The van der Waals surface area contributed by atoms with Crippen molar-refractivity contribution >= 4 is 23.3 Å². The van der Waals surface area contributed by atoms with Crippen molar-refractivity contribution in [3.8, 4) is 0 Å². The van der Waals surface area contributed by atoms with Crippen LogP contribution in [0.3, 0.4) is 0 Å². The highest BCUT2D eigenvalue weighted by molar-refractivity contribution is 5.89. The molecule has 2 aliphatic rings. The van der Waals surface area contributed by atoms with Crippen LogP contribution < -0.4 is 10.2 Å². The molecule has 1 aliphatic heterocycles. The molecule has 0 aromatic heterocycles. The number of piperidine rings is 1. The van der Waals surface area contributed by atoms with E-state index in [1.807, 2.05) is 0 Å². The van der Waals surface area contributed by atoms with Gasteiger partial charge in [0, 0.05) is 25.1 Å². The van der Waals surface area contributed by atoms with Gasteiger partial charge in [0.25, 0.3) is 5.69 Å². The number of carbonyl (C=O) groups excluding carboxylic acids is 2. The minimum atomic E-state index is -4.68. The van der Waals surface area contributed by atoms with Gasteiger partial charge in [-0.15, -0.1) is 0 Å². The lowest BCUT2D eigenvalue weighted by molar-refractivity contribution is -0.384. The second-order valence-electron chi connectivity index (χ2n) is 7.99. The Morgan fingerprint density at radius 2 is 1.84 bits per heavy atom. The van der Waals surface area contributed by atoms with Gasteiger partial charge in [0.05, 0.1) is 17.6 Å². The Hall–Kier alpha value is -2.85. The average molecular weight is 443 g/mol. The molecule has 170 valence electrons. The molecule has 1 aromatic rings. The second-order valence-corrected chi connectivity index (χ2v) is 7.99. The number of rotatable bonds is 5. The van der Waals surface area contributed by atoms with Crippen LogP contribution in [-0.2, 0) is 20.5 Å². The standard InChI is InChI=1S/C20H24F3N3O5/c1-31-18(28)19(8-2-3-9-19)24-17(27)13-6-10-25(11-7-13)15-5-4-14(20(21,22)23)12-16(15)26(29)30/h4-5,12-13H,2-3,6-11H2,1H3,(H,24,27). The number of esters is 1. The Kier molecular flexibility index (Phi) is 6.42. The summed E-state index contributed by atoms with van der Waals surface area (Å²) in [5.74, 6) is -1.13. The summed E-state index contributed by atoms with van der Waals surface area (Å²) in [5, 5.41) is 14.2. The van der Waals surface area contributed by atoms with Crippen LogP contribution in [0.2, 0.25) is 0 Å². The molecule has 0 unspecified atom stereocenters. The molecule has 0 radical (unpaired) electrons. The number of nitrogens with zero attached hydrogens (tertiary/aromatic N) is 2. The van der Waals surface area contributed by atoms with Gasteiger partial charge in [-0.3, -0.25) is 14.9 Å². The predicted molar refractivity (Wildman–Crippen MR) is 104 cm³/mol. The number of anilines is 1. The Balaban J connectivity index is 1.69. The van der Waals surface area contributed by atoms with Gasteiger partial charge in [-0.2, -0.15) is 13.2 Å². The van der Waals surface area contributed by atoms with Crippen LogP contribution >= 0.6 is 0 Å². The minimum absolute atomic E-state index is 0.0960. The van der Waals surface area contributed by atoms with E-state index in [4.69, 9.17) is 4.74 Å². The summed E-state index contributed by atoms with van der Waals surface area (Å²) in [5.41, 5.74) is -2.61. The number of nitro groups is 1. The van der Waals surface area contributed by atoms with E-state index in [0.717, 1.165) is 25.0 Å². The molecule has 2 fully saturated rings. The zero-order valence-corrected chi connectivity index (χ0v) is 17.0. The first-order chi connectivity index (χ1) is 14.6. The van der Waals surface area contributed by atoms with Crippen molar-refractivity contribution in [3.05, 3.63) is 33.9 Å². The number of benzene rings is 1. The number of hydrogen-bond donors (Lipinski definition) is 1. The molecule has 3 rings (SSSR count). The summed E-state index contributed by atoms with van der Waals surface area (Å²) in [6.45, 7) is 0.547. The zero-order chi connectivity index (χ0) is 22.8. The van der Waals surface area contributed by atoms with Crippen LogP contribution in [-0.4, -0.2) is 42.5 Å². The molecule has 0 spiro atoms. The SMILES string of the molecule is COC(=O)C1(NC(=O)C2CCN(c3ccc(C(F)(F)F)cc3[N+](=O)[O-])CC2)CCCC1. The van der Waals surface area contributed by atoms with Gasteiger partial charge in [-0.25, -0.2) is 4.79 Å². The summed E-state index contributed by atoms with van der Waals surface area (Å²) in [6.07, 6.45) is -1.30. The maximum atomic E-state index is 12.9. The van der Waals surface area contributed by atoms with E-state index in [2.05, 4.69) is 5.32 Å². The Bertz CT molecular complexity index is 860. The number of carbonyl (C=O) groups is 2. The average Bonchev–Trinajstić information content (AvgIpc) is 3.21. The largest absolute Gasteiger partial charge is 0.467 e. The number of ether oxygens (including phenoxy) is 1. The minimum Gasteiger partial charge on any atom is -0.467 e. The molecule has 1 saturated carbocycles. The van der Waals surface area contributed by atoms with E-state index >= 15 is 0 Å². The van der Waals surface area contributed by atoms with Gasteiger partial charge in [-0.1, -0.05) is 12.8 Å². The molecule has 1 heterocycles. The van der Waals surface area contributed by atoms with E-state index in [0.29, 0.717) is 31.7 Å². The molecular weight excluding hydrogens is 419 g/mol. The van der Waals surface area contributed by atoms with Gasteiger partial charge in [0.1, 0.15) is 11.2 Å². The maximum absolute atomic E-state index is 12.9. The number of methoxy groups -OCH3 is 1. The first-order valence-corrected chi connectivity index (χ1v) is 10.1. The van der Waals surface area contributed by atoms with Crippen molar-refractivity contribution in [2.24, 2.45) is 5.92 Å². The van der Waals surface area contributed by atoms with Gasteiger partial charge in [-0.05, 0) is 37.8 Å². The normalized spacial score (nSPS) is 19.2. The summed E-state index contributed by atoms with van der Waals surface area (Å²) in [4.78, 5) is 37.1. The topological polar surface area (TPSA) is 102 Å². The van der Waals surface area contributed by atoms with E-state index in [-0.39, 0.29) is 24.7 Å². The molecule has 1 aliphatic carbocycles. The number of nitro benzene ring substituents is 1. The lowest BCUT2D eigenvalue weighted by Crippen LogP contribution is -2.55. The number of hydrogen-bond acceptors (Lipinski definition) is 6. The lowest BCUT2D eigenvalue weighted by atomic mass is 9.91. The smallest absolute Gasteiger partial charge is 0.416 e. The highest BCUT2D eigenvalue weighted by Gasteiger charge is 2.45. The Labute approximate surface area is 176 Å². The van der Waals surface area contributed by atoms with Gasteiger partial charge in [0.2, 0.25) is 5.91 Å². The molecule has 0 bridgehead atoms. The fourth-order valence-electron chi connectivity index (χ4n) is 4.39. The number of alkyl halides is 3. The zero-order valence-electron chi connectivity index (χ0n) is 17.0. The molecule has 1 saturated heterocycles. The van der Waals surface area contributed by atoms with Crippen molar-refractivity contribution in [2.75, 3.05) is 25.1 Å². The van der Waals surface area contributed by atoms with E-state index in [1.54, 1.807) is 4.90 Å². The van der Waals surface area contributed by atoms with E-state index in [1.165, 1.54) is 7.11 Å². The van der Waals surface area contributed by atoms with Gasteiger partial charge in [0.15, 0.2) is 0 Å². The fraction of sp³-hybridized carbons (Fsp3) is 0.600. The van der Waals surface area contributed by atoms with Crippen molar-refractivity contribution in [1.82, 2.24) is 5.32 Å². The van der Waals surface area contributed by atoms with Crippen molar-refractivity contribution in [1.29, 1.82) is 0 Å². The number of amides is 1. The molecule has 1 amide bonds. The molecule has 1 N–H and O–H groups in total. The Morgan fingerprint density at radius 3 is 2.35 bits per heavy atom. The fourth-order valence-corrected chi connectivity index (χ4v) is 4.39. The van der Waals surface area contributed by atoms with Gasteiger partial charge < -0.3 is 15.0 Å². The second kappa shape index (κ2) is 8.72. The molecular formula is C20H24F3N3O5. The van der Waals surface area contributed by atoms with Crippen molar-refractivity contribution in [3.63, 3.8) is 0 Å². The highest BCUT2D eigenvalue weighted by atomic mass is 19.4. The molecule has 0 atom stereocenters. The monoisotopic (exact) mass is 443 g/mol. The highest BCUT2D eigenvalue weighted by Crippen LogP contribution is 2.38. The van der Waals surface area contributed by atoms with E-state index < -0.39 is 39.8 Å². The predicted octanol–water partition coefficient (Wildman–Crippen LogP) is 3.43. The van der Waals surface area contributed by atoms with Crippen LogP contribution in [0.4, 0.5) is 24.5 Å². The van der Waals surface area contributed by atoms with Crippen LogP contribution in [0.25, 0.3) is 0 Å². The molecule has 11 heteroatoms. The summed E-state index contributed by atoms with van der Waals surface area (Å²) < 4.78 is 43.6. The quantitative estimate of drug-likeness (QED) is 0.425. The first-order valence-electron chi connectivity index (χ1n) is 10.1. The van der Waals surface area contributed by atoms with Crippen LogP contribution in [0.5, 0.6) is 0 Å². The van der Waals surface area contributed by atoms with E-state index in [9.17, 15) is 32.9 Å². The van der Waals surface area contributed by atoms with Gasteiger partial charge >= 0.3 is 12.1 Å². The molecule has 8 nitrogen and oxygen atoms in total. The summed E-state index contributed by atoms with van der Waals surface area (Å²) in [7, 11) is 1.28. The molecule has 31 heavy (non-hydrogen) atoms. The van der Waals surface area contributed by atoms with Crippen molar-refractivity contribution < 1.29 is 32.4 Å². The maximum Gasteiger partial charge on any atom is 0.416 e. The first kappa shape index (κ1) is 22.8. The van der Waals surface area contributed by atoms with Crippen LogP contribution in [0.15, 0.2) is 18.2 Å². The third kappa shape index (κ3) is 4.75. The van der Waals surface area contributed by atoms with Crippen molar-refractivity contribution in [2.45, 2.75) is 50.2 Å². The summed E-state index contributed by atoms with van der Waals surface area (Å²) in [6, 6.07) is 2.46. The molecule has 1 aromatic carbocycles. The summed E-state index contributed by atoms with van der Waals surface area (Å²) >= 11 is 0. The number of nitrogens with one attached hydrogen (secondary N) is 1. The third-order valence-corrected chi connectivity index (χ3v) is 6.10. The third-order valence-electron chi connectivity index (χ3n) is 6.10. The van der Waals surface area contributed by atoms with Crippen LogP contribution in [0, 0.1) is 16.0 Å².